The van der Waals surface area contributed by atoms with Gasteiger partial charge in [0.25, 0.3) is 11.8 Å². The molecule has 3 aromatic rings. The van der Waals surface area contributed by atoms with Gasteiger partial charge in [-0.2, -0.15) is 0 Å². The number of para-hydroxylation sites is 2. The molecule has 2 aliphatic heterocycles. The number of amides is 4. The summed E-state index contributed by atoms with van der Waals surface area (Å²) >= 11 is 12.0. The Balaban J connectivity index is 1.38. The van der Waals surface area contributed by atoms with Crippen molar-refractivity contribution in [1.29, 1.82) is 0 Å². The van der Waals surface area contributed by atoms with Gasteiger partial charge in [0, 0.05) is 12.0 Å². The first kappa shape index (κ1) is 32.7. The second kappa shape index (κ2) is 14.2. The van der Waals surface area contributed by atoms with Gasteiger partial charge in [0.15, 0.2) is 5.75 Å². The number of benzene rings is 3. The minimum Gasteiger partial charge on any atom is -0.505 e. The van der Waals surface area contributed by atoms with Crippen molar-refractivity contribution in [2.75, 3.05) is 22.9 Å². The van der Waals surface area contributed by atoms with Crippen molar-refractivity contribution in [1.82, 2.24) is 10.6 Å². The fourth-order valence-corrected chi connectivity index (χ4v) is 5.66. The van der Waals surface area contributed by atoms with Crippen LogP contribution in [0.3, 0.4) is 0 Å². The first-order valence-corrected chi connectivity index (χ1v) is 15.1. The number of nitrogens with one attached hydrogen (secondary N) is 2. The van der Waals surface area contributed by atoms with Crippen LogP contribution in [0.2, 0.25) is 10.0 Å². The summed E-state index contributed by atoms with van der Waals surface area (Å²) in [6.07, 6.45) is -1.07. The van der Waals surface area contributed by atoms with E-state index in [9.17, 15) is 29.1 Å². The van der Waals surface area contributed by atoms with Crippen LogP contribution >= 0.6 is 23.2 Å². The van der Waals surface area contributed by atoms with E-state index in [0.717, 1.165) is 5.56 Å². The second-order valence-corrected chi connectivity index (χ2v) is 11.4. The number of nitrogens with zero attached hydrogens (tertiary/aromatic N) is 2. The van der Waals surface area contributed by atoms with Gasteiger partial charge in [-0.25, -0.2) is 0 Å². The van der Waals surface area contributed by atoms with E-state index >= 15 is 0 Å². The summed E-state index contributed by atoms with van der Waals surface area (Å²) in [5.41, 5.74) is 1.45. The number of halogens is 2. The van der Waals surface area contributed by atoms with Gasteiger partial charge in [-0.05, 0) is 29.8 Å². The lowest BCUT2D eigenvalue weighted by Gasteiger charge is -2.26. The Hall–Kier alpha value is -4.65. The smallest absolute Gasteiger partial charge is 0.310 e. The van der Waals surface area contributed by atoms with Crippen LogP contribution in [0.15, 0.2) is 66.7 Å². The van der Waals surface area contributed by atoms with Gasteiger partial charge < -0.3 is 30.1 Å². The molecule has 1 unspecified atom stereocenters. The molecule has 14 heteroatoms. The van der Waals surface area contributed by atoms with Crippen LogP contribution in [0.1, 0.15) is 35.7 Å². The second-order valence-electron chi connectivity index (χ2n) is 10.6. The number of hydrogen-bond acceptors (Lipinski definition) is 8. The zero-order chi connectivity index (χ0) is 33.0. The average Bonchev–Trinajstić information content (AvgIpc) is 3.35. The van der Waals surface area contributed by atoms with Crippen molar-refractivity contribution >= 4 is 64.2 Å². The molecule has 240 valence electrons. The molecule has 4 amide bonds. The molecule has 0 spiro atoms. The van der Waals surface area contributed by atoms with Crippen LogP contribution in [-0.2, 0) is 35.3 Å². The number of carbonyl (C=O) groups is 5. The Labute approximate surface area is 274 Å². The molecule has 2 aliphatic rings. The molecular weight excluding hydrogens is 639 g/mol. The van der Waals surface area contributed by atoms with E-state index in [1.54, 1.807) is 31.2 Å². The topological polar surface area (TPSA) is 155 Å². The van der Waals surface area contributed by atoms with Crippen LogP contribution in [0.25, 0.3) is 0 Å². The molecular formula is C32H30Cl2N4O8. The number of phenols is 1. The Morgan fingerprint density at radius 3 is 2.30 bits per heavy atom. The molecule has 5 rings (SSSR count). The maximum absolute atomic E-state index is 14.1. The van der Waals surface area contributed by atoms with Gasteiger partial charge >= 0.3 is 5.97 Å². The summed E-state index contributed by atoms with van der Waals surface area (Å²) in [6.45, 7) is 1.07. The normalized spacial score (nSPS) is 19.2. The predicted molar refractivity (Wildman–Crippen MR) is 168 cm³/mol. The number of cyclic esters (lactones) is 1. The summed E-state index contributed by atoms with van der Waals surface area (Å²) in [5, 5.41) is 14.9. The maximum Gasteiger partial charge on any atom is 0.310 e. The van der Waals surface area contributed by atoms with E-state index in [4.69, 9.17) is 32.7 Å². The number of anilines is 2. The highest BCUT2D eigenvalue weighted by atomic mass is 35.5. The van der Waals surface area contributed by atoms with Crippen LogP contribution in [-0.4, -0.2) is 66.2 Å². The summed E-state index contributed by atoms with van der Waals surface area (Å²) < 4.78 is 11.1. The number of rotatable bonds is 9. The number of aromatic hydroxyl groups is 1. The van der Waals surface area contributed by atoms with E-state index < -0.39 is 54.4 Å². The molecule has 1 saturated heterocycles. The SMILES string of the molecule is CCC(=O)N1C[C@H](NC(=O)c2cc(Cl)c(O)c(Cl)c2)C(=O)N(CC(=O)N[C@H]2CC(=O)OC2OCc2ccccc2)c2ccccc21. The molecule has 0 radical (unpaired) electrons. The van der Waals surface area contributed by atoms with E-state index in [2.05, 4.69) is 10.6 Å². The van der Waals surface area contributed by atoms with Crippen LogP contribution in [0.4, 0.5) is 11.4 Å². The zero-order valence-corrected chi connectivity index (χ0v) is 26.1. The van der Waals surface area contributed by atoms with Crippen molar-refractivity contribution in [2.24, 2.45) is 0 Å². The monoisotopic (exact) mass is 668 g/mol. The molecule has 0 bridgehead atoms. The first-order valence-electron chi connectivity index (χ1n) is 14.4. The number of hydrogen-bond donors (Lipinski definition) is 3. The van der Waals surface area contributed by atoms with Crippen molar-refractivity contribution in [3.8, 4) is 5.75 Å². The molecule has 3 N–H and O–H groups in total. The van der Waals surface area contributed by atoms with Gasteiger partial charge in [0.2, 0.25) is 18.1 Å². The third kappa shape index (κ3) is 7.25. The molecule has 1 fully saturated rings. The zero-order valence-electron chi connectivity index (χ0n) is 24.6. The Morgan fingerprint density at radius 1 is 0.978 bits per heavy atom. The fourth-order valence-electron chi connectivity index (χ4n) is 5.18. The number of phenolic OH excluding ortho intramolecular Hbond substituents is 1. The van der Waals surface area contributed by atoms with Crippen LogP contribution in [0, 0.1) is 0 Å². The van der Waals surface area contributed by atoms with Crippen LogP contribution in [0.5, 0.6) is 5.75 Å². The third-order valence-electron chi connectivity index (χ3n) is 7.45. The number of ether oxygens (including phenoxy) is 2. The largest absolute Gasteiger partial charge is 0.505 e. The summed E-state index contributed by atoms with van der Waals surface area (Å²) in [7, 11) is 0. The number of carbonyl (C=O) groups excluding carboxylic acids is 5. The molecule has 12 nitrogen and oxygen atoms in total. The predicted octanol–water partition coefficient (Wildman–Crippen LogP) is 3.56. The first-order chi connectivity index (χ1) is 22.0. The highest BCUT2D eigenvalue weighted by Gasteiger charge is 2.40. The van der Waals surface area contributed by atoms with E-state index in [-0.39, 0.29) is 53.2 Å². The van der Waals surface area contributed by atoms with Crippen molar-refractivity contribution < 1.29 is 38.6 Å². The molecule has 2 heterocycles. The van der Waals surface area contributed by atoms with Gasteiger partial charge in [-0.3, -0.25) is 28.9 Å². The van der Waals surface area contributed by atoms with E-state index in [0.29, 0.717) is 5.69 Å². The molecule has 0 aliphatic carbocycles. The third-order valence-corrected chi connectivity index (χ3v) is 8.02. The van der Waals surface area contributed by atoms with Crippen LogP contribution < -0.4 is 20.4 Å². The summed E-state index contributed by atoms with van der Waals surface area (Å²) in [4.78, 5) is 68.6. The number of fused-ring (bicyclic) bond motifs is 1. The average molecular weight is 670 g/mol. The number of esters is 1. The molecule has 0 saturated carbocycles. The molecule has 46 heavy (non-hydrogen) atoms. The van der Waals surface area contributed by atoms with Gasteiger partial charge in [-0.15, -0.1) is 0 Å². The fraction of sp³-hybridized carbons (Fsp3) is 0.281. The quantitative estimate of drug-likeness (QED) is 0.293. The van der Waals surface area contributed by atoms with Crippen molar-refractivity contribution in [3.63, 3.8) is 0 Å². The van der Waals surface area contributed by atoms with Gasteiger partial charge in [-0.1, -0.05) is 72.6 Å². The highest BCUT2D eigenvalue weighted by Crippen LogP contribution is 2.35. The maximum atomic E-state index is 14.1. The van der Waals surface area contributed by atoms with E-state index in [1.165, 1.54) is 21.9 Å². The van der Waals surface area contributed by atoms with Gasteiger partial charge in [0.05, 0.1) is 41.0 Å². The Bertz CT molecular complexity index is 1650. The van der Waals surface area contributed by atoms with E-state index in [1.807, 2.05) is 30.3 Å². The lowest BCUT2D eigenvalue weighted by Crippen LogP contribution is -2.55. The Kier molecular flexibility index (Phi) is 10.1. The van der Waals surface area contributed by atoms with Crippen molar-refractivity contribution in [3.05, 3.63) is 87.9 Å². The standard InChI is InChI=1S/C32H30Cl2N4O8/c1-2-27(40)37-15-23(36-30(43)19-12-20(33)29(42)21(34)13-19)31(44)38(25-11-7-6-10-24(25)37)16-26(39)35-22-14-28(41)46-32(22)45-17-18-8-4-3-5-9-18/h3-13,22-23,32,42H,2,14-17H2,1H3,(H,35,39)(H,36,43)/t22-,23-,32?/m0/s1. The lowest BCUT2D eigenvalue weighted by atomic mass is 10.1. The summed E-state index contributed by atoms with van der Waals surface area (Å²) in [5.74, 6) is -3.32. The molecule has 3 aromatic carbocycles. The summed E-state index contributed by atoms with van der Waals surface area (Å²) in [6, 6.07) is 16.1. The molecule has 3 atom stereocenters. The molecule has 0 aromatic heterocycles. The van der Waals surface area contributed by atoms with Gasteiger partial charge in [0.1, 0.15) is 18.6 Å². The highest BCUT2D eigenvalue weighted by molar-refractivity contribution is 6.37. The minimum absolute atomic E-state index is 0.0348. The lowest BCUT2D eigenvalue weighted by molar-refractivity contribution is -0.168. The minimum atomic E-state index is -1.30. The van der Waals surface area contributed by atoms with Crippen molar-refractivity contribution in [2.45, 2.75) is 44.7 Å². The Morgan fingerprint density at radius 2 is 1.63 bits per heavy atom.